The summed E-state index contributed by atoms with van der Waals surface area (Å²) in [6.07, 6.45) is 1.39. The molecule has 1 amide bonds. The lowest BCUT2D eigenvalue weighted by atomic mass is 10.2. The van der Waals surface area contributed by atoms with Crippen molar-refractivity contribution in [1.29, 1.82) is 0 Å². The summed E-state index contributed by atoms with van der Waals surface area (Å²) < 4.78 is 0. The highest BCUT2D eigenvalue weighted by Crippen LogP contribution is 2.11. The third-order valence-electron chi connectivity index (χ3n) is 2.03. The Balaban J connectivity index is 3.81. The van der Waals surface area contributed by atoms with Gasteiger partial charge in [-0.3, -0.25) is 4.79 Å². The topological polar surface area (TPSA) is 66.4 Å². The van der Waals surface area contributed by atoms with Gasteiger partial charge < -0.3 is 10.4 Å². The van der Waals surface area contributed by atoms with Crippen LogP contribution in [0.4, 0.5) is 0 Å². The Morgan fingerprint density at radius 3 is 2.56 bits per heavy atom. The van der Waals surface area contributed by atoms with Crippen molar-refractivity contribution < 1.29 is 14.7 Å². The zero-order valence-corrected chi connectivity index (χ0v) is 10.6. The molecule has 0 spiro atoms. The number of carbonyl (C=O) groups is 2. The van der Waals surface area contributed by atoms with Crippen molar-refractivity contribution in [3.05, 3.63) is 12.2 Å². The molecule has 0 saturated carbocycles. The quantitative estimate of drug-likeness (QED) is 0.504. The molecule has 0 fully saturated rings. The van der Waals surface area contributed by atoms with Crippen molar-refractivity contribution in [2.75, 3.05) is 11.5 Å². The van der Waals surface area contributed by atoms with Crippen LogP contribution in [0.5, 0.6) is 0 Å². The van der Waals surface area contributed by atoms with E-state index in [4.69, 9.17) is 5.11 Å². The molecule has 0 aliphatic rings. The average molecular weight is 245 g/mol. The minimum atomic E-state index is -0.981. The highest BCUT2D eigenvalue weighted by atomic mass is 32.2. The Hall–Kier alpha value is -0.970. The van der Waals surface area contributed by atoms with Gasteiger partial charge in [0.15, 0.2) is 0 Å². The highest BCUT2D eigenvalue weighted by Gasteiger charge is 2.17. The van der Waals surface area contributed by atoms with E-state index in [1.54, 1.807) is 11.8 Å². The first-order chi connectivity index (χ1) is 7.47. The van der Waals surface area contributed by atoms with Gasteiger partial charge >= 0.3 is 5.97 Å². The molecular weight excluding hydrogens is 226 g/mol. The number of hydrogen-bond donors (Lipinski definition) is 2. The van der Waals surface area contributed by atoms with Crippen molar-refractivity contribution in [3.63, 3.8) is 0 Å². The summed E-state index contributed by atoms with van der Waals surface area (Å²) in [6.45, 7) is 7.23. The van der Waals surface area contributed by atoms with E-state index in [2.05, 4.69) is 11.9 Å². The number of aliphatic carboxylic acids is 1. The summed E-state index contributed by atoms with van der Waals surface area (Å²) >= 11 is 1.64. The number of carbonyl (C=O) groups excluding carboxylic acids is 1. The Morgan fingerprint density at radius 1 is 1.50 bits per heavy atom. The lowest BCUT2D eigenvalue weighted by molar-refractivity contribution is -0.141. The van der Waals surface area contributed by atoms with Gasteiger partial charge in [0.05, 0.1) is 0 Å². The summed E-state index contributed by atoms with van der Waals surface area (Å²) in [7, 11) is 0. The molecule has 1 unspecified atom stereocenters. The minimum absolute atomic E-state index is 0.310. The largest absolute Gasteiger partial charge is 0.480 e. The van der Waals surface area contributed by atoms with E-state index >= 15 is 0 Å². The minimum Gasteiger partial charge on any atom is -0.480 e. The SMILES string of the molecule is C=C(CC)CSCCC(NC(C)=O)C(=O)O. The van der Waals surface area contributed by atoms with Gasteiger partial charge in [-0.25, -0.2) is 4.79 Å². The van der Waals surface area contributed by atoms with Crippen LogP contribution in [0.25, 0.3) is 0 Å². The van der Waals surface area contributed by atoms with Crippen molar-refractivity contribution in [1.82, 2.24) is 5.32 Å². The standard InChI is InChI=1S/C11H19NO3S/c1-4-8(2)7-16-6-5-10(11(14)15)12-9(3)13/h10H,2,4-7H2,1,3H3,(H,12,13)(H,14,15). The van der Waals surface area contributed by atoms with E-state index in [1.165, 1.54) is 6.92 Å². The molecule has 16 heavy (non-hydrogen) atoms. The molecule has 0 rings (SSSR count). The van der Waals surface area contributed by atoms with Crippen LogP contribution in [-0.4, -0.2) is 34.5 Å². The van der Waals surface area contributed by atoms with E-state index in [1.807, 2.05) is 6.92 Å². The van der Waals surface area contributed by atoms with Gasteiger partial charge in [-0.05, 0) is 18.6 Å². The van der Waals surface area contributed by atoms with Crippen LogP contribution in [0, 0.1) is 0 Å². The smallest absolute Gasteiger partial charge is 0.326 e. The monoisotopic (exact) mass is 245 g/mol. The summed E-state index contributed by atoms with van der Waals surface area (Å²) in [5, 5.41) is 11.2. The summed E-state index contributed by atoms with van der Waals surface area (Å²) in [5.41, 5.74) is 1.15. The van der Waals surface area contributed by atoms with Gasteiger partial charge in [-0.2, -0.15) is 11.8 Å². The second-order valence-corrected chi connectivity index (χ2v) is 4.64. The molecule has 4 nitrogen and oxygen atoms in total. The molecule has 1 atom stereocenters. The van der Waals surface area contributed by atoms with Gasteiger partial charge in [0.1, 0.15) is 6.04 Å². The van der Waals surface area contributed by atoms with Gasteiger partial charge in [0.25, 0.3) is 0 Å². The number of hydrogen-bond acceptors (Lipinski definition) is 3. The molecule has 92 valence electrons. The summed E-state index contributed by atoms with van der Waals surface area (Å²) in [4.78, 5) is 21.5. The maximum absolute atomic E-state index is 10.8. The van der Waals surface area contributed by atoms with E-state index < -0.39 is 12.0 Å². The third-order valence-corrected chi connectivity index (χ3v) is 3.17. The van der Waals surface area contributed by atoms with Gasteiger partial charge in [0, 0.05) is 12.7 Å². The second-order valence-electron chi connectivity index (χ2n) is 3.54. The maximum Gasteiger partial charge on any atom is 0.326 e. The molecule has 0 aliphatic heterocycles. The fourth-order valence-electron chi connectivity index (χ4n) is 1.02. The predicted octanol–water partition coefficient (Wildman–Crippen LogP) is 1.67. The Morgan fingerprint density at radius 2 is 2.12 bits per heavy atom. The van der Waals surface area contributed by atoms with Crippen molar-refractivity contribution in [2.24, 2.45) is 0 Å². The van der Waals surface area contributed by atoms with Crippen LogP contribution in [0.3, 0.4) is 0 Å². The zero-order valence-electron chi connectivity index (χ0n) is 9.78. The zero-order chi connectivity index (χ0) is 12.6. The maximum atomic E-state index is 10.8. The number of nitrogens with one attached hydrogen (secondary N) is 1. The fourth-order valence-corrected chi connectivity index (χ4v) is 2.06. The van der Waals surface area contributed by atoms with Crippen LogP contribution < -0.4 is 5.32 Å². The van der Waals surface area contributed by atoms with E-state index in [0.717, 1.165) is 17.7 Å². The molecule has 0 aliphatic carbocycles. The first-order valence-corrected chi connectivity index (χ1v) is 6.37. The summed E-state index contributed by atoms with van der Waals surface area (Å²) in [6, 6.07) is -0.778. The molecule has 0 saturated heterocycles. The first-order valence-electron chi connectivity index (χ1n) is 5.21. The first kappa shape index (κ1) is 15.0. The van der Waals surface area contributed by atoms with Gasteiger partial charge in [-0.15, -0.1) is 0 Å². The lowest BCUT2D eigenvalue weighted by Crippen LogP contribution is -2.39. The van der Waals surface area contributed by atoms with E-state index in [0.29, 0.717) is 12.2 Å². The second kappa shape index (κ2) is 8.21. The molecule has 0 aromatic carbocycles. The average Bonchev–Trinajstić information content (AvgIpc) is 2.21. The van der Waals surface area contributed by atoms with E-state index in [9.17, 15) is 9.59 Å². The third kappa shape index (κ3) is 7.34. The van der Waals surface area contributed by atoms with Crippen molar-refractivity contribution >= 4 is 23.6 Å². The highest BCUT2D eigenvalue weighted by molar-refractivity contribution is 7.99. The Kier molecular flexibility index (Phi) is 7.72. The van der Waals surface area contributed by atoms with Crippen molar-refractivity contribution in [2.45, 2.75) is 32.7 Å². The number of carboxylic acid groups (broad SMARTS) is 1. The Bertz CT molecular complexity index is 266. The van der Waals surface area contributed by atoms with Crippen LogP contribution in [-0.2, 0) is 9.59 Å². The molecule has 2 N–H and O–H groups in total. The lowest BCUT2D eigenvalue weighted by Gasteiger charge is -2.12. The Labute approximate surface area is 100 Å². The van der Waals surface area contributed by atoms with Gasteiger partial charge in [0.2, 0.25) is 5.91 Å². The van der Waals surface area contributed by atoms with E-state index in [-0.39, 0.29) is 5.91 Å². The van der Waals surface area contributed by atoms with Crippen LogP contribution in [0.15, 0.2) is 12.2 Å². The summed E-state index contributed by atoms with van der Waals surface area (Å²) in [5.74, 6) is 0.264. The number of amides is 1. The molecule has 0 heterocycles. The molecule has 5 heteroatoms. The molecular formula is C11H19NO3S. The number of rotatable bonds is 8. The molecule has 0 bridgehead atoms. The van der Waals surface area contributed by atoms with Crippen molar-refractivity contribution in [3.8, 4) is 0 Å². The molecule has 0 radical (unpaired) electrons. The predicted molar refractivity (Wildman–Crippen MR) is 66.6 cm³/mol. The van der Waals surface area contributed by atoms with Crippen LogP contribution in [0.1, 0.15) is 26.7 Å². The number of carboxylic acids is 1. The normalized spacial score (nSPS) is 11.9. The molecule has 0 aromatic rings. The fraction of sp³-hybridized carbons (Fsp3) is 0.636. The number of thioether (sulfide) groups is 1. The van der Waals surface area contributed by atoms with Gasteiger partial charge in [-0.1, -0.05) is 19.1 Å². The van der Waals surface area contributed by atoms with Crippen LogP contribution in [0.2, 0.25) is 0 Å². The van der Waals surface area contributed by atoms with Crippen LogP contribution >= 0.6 is 11.8 Å². The molecule has 0 aromatic heterocycles.